The van der Waals surface area contributed by atoms with Crippen molar-refractivity contribution in [2.24, 2.45) is 24.3 Å². The Bertz CT molecular complexity index is 1470. The van der Waals surface area contributed by atoms with Crippen LogP contribution in [0.15, 0.2) is 55.2 Å². The maximum absolute atomic E-state index is 12.8. The van der Waals surface area contributed by atoms with Gasteiger partial charge < -0.3 is 10.1 Å². The number of halogens is 1. The Kier molecular flexibility index (Phi) is 4.78. The molecule has 0 amide bonds. The summed E-state index contributed by atoms with van der Waals surface area (Å²) >= 11 is 5.97. The number of allylic oxidation sites excluding steroid dienone is 2. The zero-order valence-electron chi connectivity index (χ0n) is 16.4. The molecule has 3 heterocycles. The quantitative estimate of drug-likeness (QED) is 0.485. The van der Waals surface area contributed by atoms with E-state index in [1.165, 1.54) is 23.2 Å². The number of hydrogen-bond donors (Lipinski definition) is 2. The van der Waals surface area contributed by atoms with Gasteiger partial charge in [-0.05, 0) is 13.0 Å². The molecule has 0 aliphatic carbocycles. The van der Waals surface area contributed by atoms with Gasteiger partial charge in [-0.1, -0.05) is 35.9 Å². The lowest BCUT2D eigenvalue weighted by molar-refractivity contribution is 0.459. The number of aromatic nitrogens is 5. The lowest BCUT2D eigenvalue weighted by atomic mass is 10.2. The average Bonchev–Trinajstić information content (AvgIpc) is 3.24. The Labute approximate surface area is 174 Å². The van der Waals surface area contributed by atoms with Crippen LogP contribution in [0.5, 0.6) is 5.88 Å². The van der Waals surface area contributed by atoms with Gasteiger partial charge in [-0.25, -0.2) is 4.79 Å². The smallest absolute Gasteiger partial charge is 0.332 e. The summed E-state index contributed by atoms with van der Waals surface area (Å²) in [7, 11) is 2.92. The predicted octanol–water partition coefficient (Wildman–Crippen LogP) is 3.18. The molecule has 154 valence electrons. The highest BCUT2D eigenvalue weighted by Crippen LogP contribution is 2.36. The van der Waals surface area contributed by atoms with Gasteiger partial charge in [0.2, 0.25) is 5.88 Å². The first-order valence-corrected chi connectivity index (χ1v) is 9.37. The number of nitrogens with zero attached hydrogens (tertiary/aromatic N) is 6. The molecule has 0 unspecified atom stereocenters. The van der Waals surface area contributed by atoms with Crippen molar-refractivity contribution in [1.29, 1.82) is 0 Å². The number of aromatic amines is 1. The number of imidazole rings is 1. The molecule has 0 aliphatic heterocycles. The maximum Gasteiger partial charge on any atom is 0.332 e. The number of fused-ring (bicyclic) bond motifs is 2. The number of aryl methyl sites for hydroxylation is 1. The topological polar surface area (TPSA) is 123 Å². The van der Waals surface area contributed by atoms with Crippen molar-refractivity contribution in [1.82, 2.24) is 23.7 Å². The molecule has 0 spiro atoms. The zero-order valence-corrected chi connectivity index (χ0v) is 17.2. The second kappa shape index (κ2) is 7.30. The second-order valence-corrected chi connectivity index (χ2v) is 7.36. The van der Waals surface area contributed by atoms with E-state index in [0.717, 1.165) is 4.57 Å². The lowest BCUT2D eigenvalue weighted by Crippen LogP contribution is -2.37. The number of azo groups is 1. The molecule has 30 heavy (non-hydrogen) atoms. The summed E-state index contributed by atoms with van der Waals surface area (Å²) in [6.45, 7) is 1.91. The molecule has 0 saturated heterocycles. The summed E-state index contributed by atoms with van der Waals surface area (Å²) in [5, 5.41) is 19.7. The van der Waals surface area contributed by atoms with Crippen LogP contribution in [0, 0.1) is 0 Å². The van der Waals surface area contributed by atoms with Gasteiger partial charge in [0, 0.05) is 31.1 Å². The molecule has 10 nitrogen and oxygen atoms in total. The molecule has 1 aromatic carbocycles. The fourth-order valence-electron chi connectivity index (χ4n) is 3.21. The molecular weight excluding hydrogens is 410 g/mol. The van der Waals surface area contributed by atoms with E-state index in [1.807, 2.05) is 12.1 Å². The minimum Gasteiger partial charge on any atom is -0.493 e. The van der Waals surface area contributed by atoms with E-state index in [9.17, 15) is 14.7 Å². The number of hydrogen-bond acceptors (Lipinski definition) is 6. The van der Waals surface area contributed by atoms with Gasteiger partial charge in [0.05, 0.1) is 5.52 Å². The van der Waals surface area contributed by atoms with Crippen LogP contribution in [-0.2, 0) is 20.6 Å². The number of nitrogens with one attached hydrogen (secondary N) is 1. The van der Waals surface area contributed by atoms with E-state index in [-0.39, 0.29) is 35.2 Å². The van der Waals surface area contributed by atoms with Gasteiger partial charge >= 0.3 is 5.69 Å². The van der Waals surface area contributed by atoms with Gasteiger partial charge in [-0.15, -0.1) is 10.2 Å². The third-order valence-corrected chi connectivity index (χ3v) is 4.94. The summed E-state index contributed by atoms with van der Waals surface area (Å²) in [5.74, 6) is -0.0374. The molecular formula is C19H18ClN7O3. The Balaban J connectivity index is 1.96. The third kappa shape index (κ3) is 3.11. The first kappa shape index (κ1) is 19.6. The average molecular weight is 428 g/mol. The number of rotatable bonds is 4. The van der Waals surface area contributed by atoms with Gasteiger partial charge in [0.15, 0.2) is 16.9 Å². The molecule has 11 heteroatoms. The summed E-state index contributed by atoms with van der Waals surface area (Å²) in [6, 6.07) is 7.24. The van der Waals surface area contributed by atoms with Gasteiger partial charge in [-0.2, -0.15) is 4.98 Å². The zero-order chi connectivity index (χ0) is 21.6. The number of H-pyrrole nitrogens is 1. The van der Waals surface area contributed by atoms with E-state index < -0.39 is 11.2 Å². The molecule has 4 rings (SSSR count). The van der Waals surface area contributed by atoms with Crippen molar-refractivity contribution in [3.8, 4) is 5.88 Å². The van der Waals surface area contributed by atoms with Crippen LogP contribution in [-0.4, -0.2) is 28.8 Å². The maximum atomic E-state index is 12.8. The summed E-state index contributed by atoms with van der Waals surface area (Å²) in [5.41, 5.74) is 0.327. The highest BCUT2D eigenvalue weighted by molar-refractivity contribution is 6.29. The van der Waals surface area contributed by atoms with Crippen molar-refractivity contribution in [2.75, 3.05) is 0 Å². The van der Waals surface area contributed by atoms with Crippen LogP contribution >= 0.6 is 11.6 Å². The van der Waals surface area contributed by atoms with Crippen LogP contribution in [0.2, 0.25) is 0 Å². The normalized spacial score (nSPS) is 12.6. The minimum absolute atomic E-state index is 0.0992. The Morgan fingerprint density at radius 2 is 1.97 bits per heavy atom. The summed E-state index contributed by atoms with van der Waals surface area (Å²) in [4.78, 5) is 32.2. The molecule has 3 aromatic heterocycles. The van der Waals surface area contributed by atoms with Gasteiger partial charge in [0.1, 0.15) is 0 Å². The Morgan fingerprint density at radius 1 is 1.23 bits per heavy atom. The molecule has 0 fully saturated rings. The predicted molar refractivity (Wildman–Crippen MR) is 114 cm³/mol. The van der Waals surface area contributed by atoms with Crippen LogP contribution in [0.3, 0.4) is 0 Å². The fourth-order valence-corrected chi connectivity index (χ4v) is 3.28. The molecule has 0 aliphatic rings. The van der Waals surface area contributed by atoms with E-state index in [0.29, 0.717) is 15.9 Å². The fraction of sp³-hybridized carbons (Fsp3) is 0.211. The molecule has 0 atom stereocenters. The van der Waals surface area contributed by atoms with Crippen molar-refractivity contribution in [3.63, 3.8) is 0 Å². The monoisotopic (exact) mass is 427 g/mol. The third-order valence-electron chi connectivity index (χ3n) is 4.78. The highest BCUT2D eigenvalue weighted by Gasteiger charge is 2.19. The van der Waals surface area contributed by atoms with E-state index in [2.05, 4.69) is 20.2 Å². The van der Waals surface area contributed by atoms with E-state index >= 15 is 0 Å². The Hall–Kier alpha value is -3.66. The largest absolute Gasteiger partial charge is 0.493 e. The summed E-state index contributed by atoms with van der Waals surface area (Å²) < 4.78 is 3.80. The van der Waals surface area contributed by atoms with E-state index in [1.54, 1.807) is 25.1 Å². The molecule has 4 aromatic rings. The number of benzene rings is 1. The van der Waals surface area contributed by atoms with Crippen LogP contribution in [0.1, 0.15) is 6.92 Å². The number of aromatic hydroxyl groups is 1. The SMILES string of the molecule is C/C(Cl)=C\Cn1c(N=Nc2c(O)[nH]c3ccccc23)nc2c1c(=O)n(C)c(=O)n2C. The van der Waals surface area contributed by atoms with Gasteiger partial charge in [-0.3, -0.25) is 18.5 Å². The highest BCUT2D eigenvalue weighted by atomic mass is 35.5. The van der Waals surface area contributed by atoms with Crippen molar-refractivity contribution < 1.29 is 5.11 Å². The summed E-state index contributed by atoms with van der Waals surface area (Å²) in [6.07, 6.45) is 1.69. The first-order chi connectivity index (χ1) is 14.3. The molecule has 2 N–H and O–H groups in total. The van der Waals surface area contributed by atoms with Crippen LogP contribution in [0.4, 0.5) is 11.6 Å². The molecule has 0 radical (unpaired) electrons. The number of para-hydroxylation sites is 1. The molecule has 0 saturated carbocycles. The minimum atomic E-state index is -0.502. The second-order valence-electron chi connectivity index (χ2n) is 6.76. The van der Waals surface area contributed by atoms with Crippen molar-refractivity contribution >= 4 is 45.3 Å². The lowest BCUT2D eigenvalue weighted by Gasteiger charge is -2.05. The standard InChI is InChI=1S/C19H18ClN7O3/c1-10(20)8-9-27-14-15(25(2)19(30)26(3)17(14)29)22-18(27)24-23-13-11-6-4-5-7-12(11)21-16(13)28/h4-8,21,28H,9H2,1-3H3/b10-8+,24-23?. The van der Waals surface area contributed by atoms with Crippen molar-refractivity contribution in [2.45, 2.75) is 13.5 Å². The van der Waals surface area contributed by atoms with Gasteiger partial charge in [0.25, 0.3) is 11.5 Å². The van der Waals surface area contributed by atoms with Crippen LogP contribution in [0.25, 0.3) is 22.1 Å². The Morgan fingerprint density at radius 3 is 2.70 bits per heavy atom. The van der Waals surface area contributed by atoms with Crippen LogP contribution < -0.4 is 11.2 Å². The van der Waals surface area contributed by atoms with Crippen molar-refractivity contribution in [3.05, 3.63) is 56.2 Å². The first-order valence-electron chi connectivity index (χ1n) is 8.99. The van der Waals surface area contributed by atoms with E-state index in [4.69, 9.17) is 11.6 Å². The molecule has 0 bridgehead atoms.